The van der Waals surface area contributed by atoms with Gasteiger partial charge in [0.15, 0.2) is 5.82 Å². The topological polar surface area (TPSA) is 101 Å². The first-order chi connectivity index (χ1) is 12.2. The van der Waals surface area contributed by atoms with Crippen LogP contribution in [0.15, 0.2) is 27.6 Å². The average molecular weight is 374 g/mol. The fraction of sp³-hybridized carbons (Fsp3) is 0.333. The lowest BCUT2D eigenvalue weighted by Crippen LogP contribution is -2.15. The van der Waals surface area contributed by atoms with Crippen molar-refractivity contribution in [3.8, 4) is 11.5 Å². The predicted molar refractivity (Wildman–Crippen MR) is 99.7 cm³/mol. The molecule has 2 aromatic heterocycles. The van der Waals surface area contributed by atoms with Crippen molar-refractivity contribution in [3.05, 3.63) is 46.5 Å². The Balaban J connectivity index is 2.12. The van der Waals surface area contributed by atoms with Crippen LogP contribution >= 0.6 is 0 Å². The Morgan fingerprint density at radius 1 is 1.15 bits per heavy atom. The van der Waals surface area contributed by atoms with Crippen molar-refractivity contribution >= 4 is 15.7 Å². The number of sulfonamides is 1. The van der Waals surface area contributed by atoms with Crippen molar-refractivity contribution in [2.45, 2.75) is 45.9 Å². The molecule has 0 spiro atoms. The maximum Gasteiger partial charge on any atom is 0.264 e. The molecule has 0 bridgehead atoms. The summed E-state index contributed by atoms with van der Waals surface area (Å²) in [6.07, 6.45) is 0.606. The quantitative estimate of drug-likeness (QED) is 0.710. The zero-order valence-electron chi connectivity index (χ0n) is 15.5. The molecule has 2 heterocycles. The fourth-order valence-corrected chi connectivity index (χ4v) is 4.48. The second-order valence-electron chi connectivity index (χ2n) is 6.30. The lowest BCUT2D eigenvalue weighted by Gasteiger charge is -2.13. The molecule has 0 amide bonds. The van der Waals surface area contributed by atoms with Gasteiger partial charge in [-0.15, -0.1) is 0 Å². The third-order valence-electron chi connectivity index (χ3n) is 4.43. The minimum absolute atomic E-state index is 0.127. The van der Waals surface area contributed by atoms with Gasteiger partial charge >= 0.3 is 0 Å². The maximum absolute atomic E-state index is 13.1. The first-order valence-corrected chi connectivity index (χ1v) is 9.84. The van der Waals surface area contributed by atoms with Crippen molar-refractivity contribution in [1.82, 2.24) is 15.1 Å². The summed E-state index contributed by atoms with van der Waals surface area (Å²) in [5.74, 6) is 0.731. The van der Waals surface area contributed by atoms with E-state index in [1.165, 1.54) is 0 Å². The predicted octanol–water partition coefficient (Wildman–Crippen LogP) is 3.66. The molecule has 2 N–H and O–H groups in total. The van der Waals surface area contributed by atoms with Crippen LogP contribution in [0.4, 0.5) is 5.69 Å². The van der Waals surface area contributed by atoms with E-state index in [1.807, 2.05) is 32.9 Å². The zero-order valence-corrected chi connectivity index (χ0v) is 16.3. The normalized spacial score (nSPS) is 11.7. The van der Waals surface area contributed by atoms with Crippen LogP contribution in [0.3, 0.4) is 0 Å². The van der Waals surface area contributed by atoms with E-state index in [2.05, 4.69) is 19.8 Å². The lowest BCUT2D eigenvalue weighted by molar-refractivity contribution is 0.422. The molecule has 0 aliphatic heterocycles. The Bertz CT molecular complexity index is 1060. The molecule has 0 saturated carbocycles. The summed E-state index contributed by atoms with van der Waals surface area (Å²) < 4.78 is 34.3. The minimum atomic E-state index is -3.85. The minimum Gasteiger partial charge on any atom is -0.361 e. The standard InChI is InChI=1S/C18H22N4O3S/c1-6-15-20-18(25-21-15)16-12(4)19-13(5)17(16)26(23,24)22-14-9-7-8-10(2)11(14)3/h7-9,19,22H,6H2,1-5H3. The van der Waals surface area contributed by atoms with Gasteiger partial charge in [0.2, 0.25) is 0 Å². The van der Waals surface area contributed by atoms with Gasteiger partial charge in [-0.1, -0.05) is 24.2 Å². The number of hydrogen-bond donors (Lipinski definition) is 2. The van der Waals surface area contributed by atoms with Crippen molar-refractivity contribution < 1.29 is 12.9 Å². The summed E-state index contributed by atoms with van der Waals surface area (Å²) >= 11 is 0. The first-order valence-electron chi connectivity index (χ1n) is 8.35. The van der Waals surface area contributed by atoms with Crippen LogP contribution in [0.5, 0.6) is 0 Å². The number of aromatic nitrogens is 3. The number of aryl methyl sites for hydroxylation is 4. The molecule has 0 radical (unpaired) electrons. The Morgan fingerprint density at radius 3 is 2.54 bits per heavy atom. The molecule has 26 heavy (non-hydrogen) atoms. The van der Waals surface area contributed by atoms with E-state index >= 15 is 0 Å². The summed E-state index contributed by atoms with van der Waals surface area (Å²) in [4.78, 5) is 7.50. The second-order valence-corrected chi connectivity index (χ2v) is 7.92. The van der Waals surface area contributed by atoms with Crippen LogP contribution in [0.25, 0.3) is 11.5 Å². The van der Waals surface area contributed by atoms with Crippen LogP contribution in [-0.4, -0.2) is 23.5 Å². The van der Waals surface area contributed by atoms with Gasteiger partial charge in [-0.25, -0.2) is 8.42 Å². The van der Waals surface area contributed by atoms with Crippen LogP contribution in [-0.2, 0) is 16.4 Å². The van der Waals surface area contributed by atoms with Gasteiger partial charge in [-0.2, -0.15) is 4.98 Å². The second kappa shape index (κ2) is 6.60. The molecular formula is C18H22N4O3S. The summed E-state index contributed by atoms with van der Waals surface area (Å²) in [6.45, 7) is 9.23. The van der Waals surface area contributed by atoms with Crippen LogP contribution < -0.4 is 4.72 Å². The molecule has 0 atom stereocenters. The van der Waals surface area contributed by atoms with E-state index in [1.54, 1.807) is 19.9 Å². The van der Waals surface area contributed by atoms with Gasteiger partial charge in [-0.05, 0) is 44.9 Å². The Hall–Kier alpha value is -2.61. The van der Waals surface area contributed by atoms with Gasteiger partial charge < -0.3 is 9.51 Å². The summed E-state index contributed by atoms with van der Waals surface area (Å²) in [6, 6.07) is 5.51. The number of H-pyrrole nitrogens is 1. The third-order valence-corrected chi connectivity index (χ3v) is 5.97. The molecule has 7 nitrogen and oxygen atoms in total. The molecule has 138 valence electrons. The number of hydrogen-bond acceptors (Lipinski definition) is 5. The van der Waals surface area contributed by atoms with Crippen LogP contribution in [0.1, 0.15) is 35.3 Å². The SMILES string of the molecule is CCc1noc(-c2c(C)[nH]c(C)c2S(=O)(=O)Nc2cccc(C)c2C)n1. The summed E-state index contributed by atoms with van der Waals surface area (Å²) in [7, 11) is -3.85. The van der Waals surface area contributed by atoms with Crippen molar-refractivity contribution in [2.75, 3.05) is 4.72 Å². The van der Waals surface area contributed by atoms with Gasteiger partial charge in [0.25, 0.3) is 15.9 Å². The molecule has 0 aliphatic carbocycles. The Morgan fingerprint density at radius 2 is 1.88 bits per heavy atom. The Labute approximate surface area is 152 Å². The van der Waals surface area contributed by atoms with E-state index < -0.39 is 10.0 Å². The number of nitrogens with one attached hydrogen (secondary N) is 2. The highest BCUT2D eigenvalue weighted by atomic mass is 32.2. The van der Waals surface area contributed by atoms with Gasteiger partial charge in [0.1, 0.15) is 4.90 Å². The molecule has 0 fully saturated rings. The molecule has 8 heteroatoms. The third kappa shape index (κ3) is 3.12. The highest BCUT2D eigenvalue weighted by Gasteiger charge is 2.29. The number of aromatic amines is 1. The largest absolute Gasteiger partial charge is 0.361 e. The van der Waals surface area contributed by atoms with Gasteiger partial charge in [-0.3, -0.25) is 4.72 Å². The maximum atomic E-state index is 13.1. The zero-order chi connectivity index (χ0) is 19.1. The van der Waals surface area contributed by atoms with Gasteiger partial charge in [0, 0.05) is 17.8 Å². The van der Waals surface area contributed by atoms with E-state index in [9.17, 15) is 8.42 Å². The van der Waals surface area contributed by atoms with Crippen molar-refractivity contribution in [1.29, 1.82) is 0 Å². The fourth-order valence-electron chi connectivity index (χ4n) is 2.91. The monoisotopic (exact) mass is 374 g/mol. The van der Waals surface area contributed by atoms with E-state index in [4.69, 9.17) is 4.52 Å². The summed E-state index contributed by atoms with van der Waals surface area (Å²) in [5.41, 5.74) is 4.04. The lowest BCUT2D eigenvalue weighted by atomic mass is 10.1. The van der Waals surface area contributed by atoms with E-state index in [0.29, 0.717) is 34.9 Å². The molecule has 0 saturated heterocycles. The van der Waals surface area contributed by atoms with E-state index in [0.717, 1.165) is 11.1 Å². The van der Waals surface area contributed by atoms with E-state index in [-0.39, 0.29) is 10.8 Å². The average Bonchev–Trinajstić information content (AvgIpc) is 3.15. The molecule has 0 unspecified atom stereocenters. The Kier molecular flexibility index (Phi) is 4.62. The van der Waals surface area contributed by atoms with Crippen molar-refractivity contribution in [2.24, 2.45) is 0 Å². The van der Waals surface area contributed by atoms with Crippen LogP contribution in [0.2, 0.25) is 0 Å². The highest BCUT2D eigenvalue weighted by molar-refractivity contribution is 7.93. The van der Waals surface area contributed by atoms with Crippen molar-refractivity contribution in [3.63, 3.8) is 0 Å². The summed E-state index contributed by atoms with van der Waals surface area (Å²) in [5, 5.41) is 3.88. The molecule has 0 aliphatic rings. The molecular weight excluding hydrogens is 352 g/mol. The number of nitrogens with zero attached hydrogens (tertiary/aromatic N) is 2. The number of rotatable bonds is 5. The van der Waals surface area contributed by atoms with Crippen LogP contribution in [0, 0.1) is 27.7 Å². The first kappa shape index (κ1) is 18.2. The number of anilines is 1. The highest BCUT2D eigenvalue weighted by Crippen LogP contribution is 2.34. The van der Waals surface area contributed by atoms with Gasteiger partial charge in [0.05, 0.1) is 11.3 Å². The molecule has 3 aromatic rings. The smallest absolute Gasteiger partial charge is 0.264 e. The molecule has 1 aromatic carbocycles. The molecule has 3 rings (SSSR count). The number of benzene rings is 1.